The van der Waals surface area contributed by atoms with Gasteiger partial charge in [0.25, 0.3) is 0 Å². The molecule has 0 saturated carbocycles. The minimum atomic E-state index is 1.16. The second kappa shape index (κ2) is 2.84. The molecule has 0 heterocycles. The summed E-state index contributed by atoms with van der Waals surface area (Å²) < 4.78 is 0. The van der Waals surface area contributed by atoms with Crippen LogP contribution in [0.25, 0.3) is 5.57 Å². The third-order valence-electron chi connectivity index (χ3n) is 3.39. The lowest BCUT2D eigenvalue weighted by Crippen LogP contribution is -1.93. The van der Waals surface area contributed by atoms with Gasteiger partial charge in [-0.2, -0.15) is 0 Å². The highest BCUT2D eigenvalue weighted by Crippen LogP contribution is 2.41. The van der Waals surface area contributed by atoms with Crippen LogP contribution >= 0.6 is 0 Å². The maximum absolute atomic E-state index is 2.38. The van der Waals surface area contributed by atoms with Gasteiger partial charge in [0.1, 0.15) is 0 Å². The molecule has 2 aliphatic carbocycles. The third kappa shape index (κ3) is 1.00. The molecule has 0 N–H and O–H groups in total. The Balaban J connectivity index is 2.17. The van der Waals surface area contributed by atoms with E-state index in [9.17, 15) is 0 Å². The van der Waals surface area contributed by atoms with Gasteiger partial charge in [-0.3, -0.25) is 0 Å². The number of rotatable bonds is 0. The summed E-state index contributed by atoms with van der Waals surface area (Å²) in [6, 6.07) is 8.84. The summed E-state index contributed by atoms with van der Waals surface area (Å²) in [6.07, 6.45) is 6.00. The largest absolute Gasteiger partial charge is 0.0810 e. The van der Waals surface area contributed by atoms with Crippen molar-refractivity contribution >= 4 is 5.57 Å². The van der Waals surface area contributed by atoms with Crippen LogP contribution in [0.1, 0.15) is 30.9 Å². The number of allylic oxidation sites excluding steroid dienone is 4. The summed E-state index contributed by atoms with van der Waals surface area (Å²) in [5.74, 6) is 0. The van der Waals surface area contributed by atoms with E-state index in [2.05, 4.69) is 37.3 Å². The minimum Gasteiger partial charge on any atom is -0.0810 e. The average molecular weight is 182 g/mol. The van der Waals surface area contributed by atoms with Crippen LogP contribution in [0.15, 0.2) is 41.5 Å². The molecule has 0 heteroatoms. The van der Waals surface area contributed by atoms with Crippen molar-refractivity contribution in [3.05, 3.63) is 52.6 Å². The molecule has 2 aliphatic rings. The molecule has 14 heavy (non-hydrogen) atoms. The molecule has 0 nitrogen and oxygen atoms in total. The Bertz CT molecular complexity index is 447. The van der Waals surface area contributed by atoms with Crippen molar-refractivity contribution < 1.29 is 0 Å². The maximum atomic E-state index is 2.38. The van der Waals surface area contributed by atoms with E-state index in [0.29, 0.717) is 0 Å². The first-order chi connectivity index (χ1) is 6.86. The van der Waals surface area contributed by atoms with Crippen molar-refractivity contribution in [3.8, 4) is 0 Å². The van der Waals surface area contributed by atoms with Crippen molar-refractivity contribution in [2.24, 2.45) is 0 Å². The molecule has 3 rings (SSSR count). The van der Waals surface area contributed by atoms with Crippen LogP contribution in [0, 0.1) is 0 Å². The van der Waals surface area contributed by atoms with Gasteiger partial charge in [-0.05, 0) is 48.5 Å². The molecule has 0 aliphatic heterocycles. The molecule has 0 bridgehead atoms. The molecule has 0 spiro atoms. The first-order valence-electron chi connectivity index (χ1n) is 5.33. The normalized spacial score (nSPS) is 19.1. The van der Waals surface area contributed by atoms with E-state index in [1.54, 1.807) is 11.1 Å². The van der Waals surface area contributed by atoms with Crippen LogP contribution in [-0.2, 0) is 6.42 Å². The van der Waals surface area contributed by atoms with Gasteiger partial charge in [-0.25, -0.2) is 0 Å². The second-order valence-electron chi connectivity index (χ2n) is 4.22. The fourth-order valence-electron chi connectivity index (χ4n) is 2.65. The molecule has 0 fully saturated rings. The standard InChI is InChI=1S/C14H14/c1-10-5-4-8-13-12-7-3-2-6-11(12)9-14(10)13/h2-3,5-7H,4,8-9H2,1H3. The molecular formula is C14H14. The van der Waals surface area contributed by atoms with Crippen molar-refractivity contribution in [1.29, 1.82) is 0 Å². The van der Waals surface area contributed by atoms with Gasteiger partial charge in [0.2, 0.25) is 0 Å². The summed E-state index contributed by atoms with van der Waals surface area (Å²) in [5.41, 5.74) is 7.74. The van der Waals surface area contributed by atoms with E-state index in [4.69, 9.17) is 0 Å². The Morgan fingerprint density at radius 2 is 1.93 bits per heavy atom. The fourth-order valence-corrected chi connectivity index (χ4v) is 2.65. The molecule has 0 unspecified atom stereocenters. The highest BCUT2D eigenvalue weighted by atomic mass is 14.3. The molecule has 0 atom stereocenters. The molecule has 0 aromatic heterocycles. The van der Waals surface area contributed by atoms with Gasteiger partial charge in [0.15, 0.2) is 0 Å². The van der Waals surface area contributed by atoms with Crippen molar-refractivity contribution in [3.63, 3.8) is 0 Å². The van der Waals surface area contributed by atoms with Gasteiger partial charge < -0.3 is 0 Å². The Hall–Kier alpha value is -1.30. The van der Waals surface area contributed by atoms with Gasteiger partial charge >= 0.3 is 0 Å². The lowest BCUT2D eigenvalue weighted by Gasteiger charge is -2.13. The van der Waals surface area contributed by atoms with Crippen molar-refractivity contribution in [2.75, 3.05) is 0 Å². The first kappa shape index (κ1) is 8.05. The minimum absolute atomic E-state index is 1.16. The average Bonchev–Trinajstić information content (AvgIpc) is 2.59. The van der Waals surface area contributed by atoms with Crippen molar-refractivity contribution in [2.45, 2.75) is 26.2 Å². The van der Waals surface area contributed by atoms with E-state index in [1.807, 2.05) is 0 Å². The highest BCUT2D eigenvalue weighted by molar-refractivity contribution is 5.80. The van der Waals surface area contributed by atoms with Crippen molar-refractivity contribution in [1.82, 2.24) is 0 Å². The predicted octanol–water partition coefficient (Wildman–Crippen LogP) is 3.74. The summed E-state index contributed by atoms with van der Waals surface area (Å²) in [5, 5.41) is 0. The molecule has 1 aromatic carbocycles. The third-order valence-corrected chi connectivity index (χ3v) is 3.39. The fraction of sp³-hybridized carbons (Fsp3) is 0.286. The van der Waals surface area contributed by atoms with Gasteiger partial charge in [0, 0.05) is 0 Å². The summed E-state index contributed by atoms with van der Waals surface area (Å²) in [7, 11) is 0. The molecular weight excluding hydrogens is 168 g/mol. The maximum Gasteiger partial charge on any atom is -0.00143 e. The van der Waals surface area contributed by atoms with Gasteiger partial charge in [-0.1, -0.05) is 35.9 Å². The van der Waals surface area contributed by atoms with E-state index in [0.717, 1.165) is 6.42 Å². The van der Waals surface area contributed by atoms with Crippen LogP contribution < -0.4 is 0 Å². The second-order valence-corrected chi connectivity index (χ2v) is 4.22. The molecule has 0 amide bonds. The Morgan fingerprint density at radius 1 is 1.07 bits per heavy atom. The Morgan fingerprint density at radius 3 is 2.86 bits per heavy atom. The molecule has 0 saturated heterocycles. The lowest BCUT2D eigenvalue weighted by atomic mass is 9.92. The van der Waals surface area contributed by atoms with E-state index in [1.165, 1.54) is 29.5 Å². The number of hydrogen-bond donors (Lipinski definition) is 0. The zero-order valence-electron chi connectivity index (χ0n) is 8.51. The summed E-state index contributed by atoms with van der Waals surface area (Å²) >= 11 is 0. The lowest BCUT2D eigenvalue weighted by molar-refractivity contribution is 1.01. The van der Waals surface area contributed by atoms with Crippen LogP contribution in [0.5, 0.6) is 0 Å². The van der Waals surface area contributed by atoms with E-state index < -0.39 is 0 Å². The van der Waals surface area contributed by atoms with E-state index in [-0.39, 0.29) is 0 Å². The first-order valence-corrected chi connectivity index (χ1v) is 5.33. The monoisotopic (exact) mass is 182 g/mol. The van der Waals surface area contributed by atoms with Crippen LogP contribution in [0.4, 0.5) is 0 Å². The van der Waals surface area contributed by atoms with E-state index >= 15 is 0 Å². The topological polar surface area (TPSA) is 0 Å². The van der Waals surface area contributed by atoms with Crippen LogP contribution in [-0.4, -0.2) is 0 Å². The molecule has 70 valence electrons. The van der Waals surface area contributed by atoms with Crippen LogP contribution in [0.2, 0.25) is 0 Å². The summed E-state index contributed by atoms with van der Waals surface area (Å²) in [6.45, 7) is 2.25. The van der Waals surface area contributed by atoms with Gasteiger partial charge in [-0.15, -0.1) is 0 Å². The number of hydrogen-bond acceptors (Lipinski definition) is 0. The summed E-state index contributed by atoms with van der Waals surface area (Å²) in [4.78, 5) is 0. The van der Waals surface area contributed by atoms with Gasteiger partial charge in [0.05, 0.1) is 0 Å². The highest BCUT2D eigenvalue weighted by Gasteiger charge is 2.23. The Kier molecular flexibility index (Phi) is 1.63. The number of benzene rings is 1. The predicted molar refractivity (Wildman–Crippen MR) is 60.1 cm³/mol. The molecule has 1 aromatic rings. The zero-order valence-corrected chi connectivity index (χ0v) is 8.51. The molecule has 0 radical (unpaired) electrons. The Labute approximate surface area is 85.0 Å². The zero-order chi connectivity index (χ0) is 9.54. The smallest absolute Gasteiger partial charge is 0.00143 e. The quantitative estimate of drug-likeness (QED) is 0.573. The number of fused-ring (bicyclic) bond motifs is 2. The SMILES string of the molecule is CC1=CCCC2=C1Cc1ccccc12. The van der Waals surface area contributed by atoms with Crippen LogP contribution in [0.3, 0.4) is 0 Å².